The van der Waals surface area contributed by atoms with Gasteiger partial charge in [-0.2, -0.15) is 13.2 Å². The summed E-state index contributed by atoms with van der Waals surface area (Å²) >= 11 is 0. The predicted octanol–water partition coefficient (Wildman–Crippen LogP) is 3.85. The molecule has 0 heterocycles. The summed E-state index contributed by atoms with van der Waals surface area (Å²) in [7, 11) is -4.13. The first-order valence-electron chi connectivity index (χ1n) is 9.18. The molecule has 31 heavy (non-hydrogen) atoms. The molecule has 0 aliphatic rings. The summed E-state index contributed by atoms with van der Waals surface area (Å²) in [6.45, 7) is 0.114. The number of hydrogen-bond donors (Lipinski definition) is 2. The number of nitrogens with two attached hydrogens (primary N) is 1. The fourth-order valence-electron chi connectivity index (χ4n) is 2.87. The minimum atomic E-state index is -4.64. The van der Waals surface area contributed by atoms with E-state index in [0.717, 1.165) is 18.2 Å². The monoisotopic (exact) mass is 448 g/mol. The molecular weight excluding hydrogens is 429 g/mol. The smallest absolute Gasteiger partial charge is 0.350 e. The summed E-state index contributed by atoms with van der Waals surface area (Å²) in [4.78, 5) is 11.6. The number of rotatable bonds is 6. The molecule has 3 rings (SSSR count). The van der Waals surface area contributed by atoms with E-state index < -0.39 is 38.4 Å². The van der Waals surface area contributed by atoms with Crippen molar-refractivity contribution in [1.82, 2.24) is 5.32 Å². The zero-order chi connectivity index (χ0) is 22.6. The lowest BCUT2D eigenvalue weighted by molar-refractivity contribution is -0.137. The van der Waals surface area contributed by atoms with Crippen LogP contribution in [0.3, 0.4) is 0 Å². The van der Waals surface area contributed by atoms with Crippen molar-refractivity contribution in [2.75, 3.05) is 0 Å². The average molecular weight is 448 g/mol. The zero-order valence-electron chi connectivity index (χ0n) is 16.1. The molecule has 0 saturated carbocycles. The van der Waals surface area contributed by atoms with Gasteiger partial charge in [-0.15, -0.1) is 0 Å². The number of alkyl halides is 3. The SMILES string of the molecule is N[C@@H](C(=O)NCc1ccc(S(=O)(=O)c2cccc(C(F)(F)F)c2)cc1)c1ccccc1. The molecule has 3 aromatic carbocycles. The van der Waals surface area contributed by atoms with Crippen molar-refractivity contribution in [3.63, 3.8) is 0 Å². The molecule has 1 amide bonds. The van der Waals surface area contributed by atoms with Crippen molar-refractivity contribution in [3.05, 3.63) is 95.6 Å². The zero-order valence-corrected chi connectivity index (χ0v) is 17.0. The molecule has 162 valence electrons. The predicted molar refractivity (Wildman–Crippen MR) is 109 cm³/mol. The van der Waals surface area contributed by atoms with Crippen LogP contribution in [0.4, 0.5) is 13.2 Å². The lowest BCUT2D eigenvalue weighted by atomic mass is 10.1. The molecule has 5 nitrogen and oxygen atoms in total. The summed E-state index contributed by atoms with van der Waals surface area (Å²) in [6, 6.07) is 17.1. The largest absolute Gasteiger partial charge is 0.416 e. The third-order valence-corrected chi connectivity index (χ3v) is 6.38. The number of nitrogens with one attached hydrogen (secondary N) is 1. The fraction of sp³-hybridized carbons (Fsp3) is 0.136. The molecule has 1 atom stereocenters. The van der Waals surface area contributed by atoms with Crippen molar-refractivity contribution in [2.24, 2.45) is 5.73 Å². The van der Waals surface area contributed by atoms with Crippen LogP contribution in [0, 0.1) is 0 Å². The molecule has 3 aromatic rings. The molecule has 0 aliphatic heterocycles. The van der Waals surface area contributed by atoms with E-state index in [1.165, 1.54) is 24.3 Å². The van der Waals surface area contributed by atoms with E-state index >= 15 is 0 Å². The van der Waals surface area contributed by atoms with Gasteiger partial charge in [-0.3, -0.25) is 4.79 Å². The van der Waals surface area contributed by atoms with Crippen LogP contribution in [0.1, 0.15) is 22.7 Å². The number of amides is 1. The van der Waals surface area contributed by atoms with Crippen LogP contribution in [-0.2, 0) is 27.4 Å². The Hall–Kier alpha value is -3.17. The average Bonchev–Trinajstić information content (AvgIpc) is 2.77. The minimum Gasteiger partial charge on any atom is -0.350 e. The van der Waals surface area contributed by atoms with Crippen molar-refractivity contribution in [3.8, 4) is 0 Å². The molecular formula is C22H19F3N2O3S. The normalized spacial score (nSPS) is 12.9. The number of halogens is 3. The molecule has 9 heteroatoms. The van der Waals surface area contributed by atoms with Gasteiger partial charge in [-0.1, -0.05) is 48.5 Å². The Morgan fingerprint density at radius 3 is 2.16 bits per heavy atom. The Bertz CT molecular complexity index is 1160. The highest BCUT2D eigenvalue weighted by atomic mass is 32.2. The number of carbonyl (C=O) groups excluding carboxylic acids is 1. The fourth-order valence-corrected chi connectivity index (χ4v) is 4.18. The van der Waals surface area contributed by atoms with Gasteiger partial charge in [0, 0.05) is 6.54 Å². The van der Waals surface area contributed by atoms with Gasteiger partial charge in [0.2, 0.25) is 15.7 Å². The van der Waals surface area contributed by atoms with Crippen LogP contribution < -0.4 is 11.1 Å². The van der Waals surface area contributed by atoms with Gasteiger partial charge in [0.15, 0.2) is 0 Å². The van der Waals surface area contributed by atoms with E-state index in [1.54, 1.807) is 24.3 Å². The van der Waals surface area contributed by atoms with E-state index in [9.17, 15) is 26.4 Å². The summed E-state index contributed by atoms with van der Waals surface area (Å²) in [5.41, 5.74) is 6.14. The van der Waals surface area contributed by atoms with E-state index in [0.29, 0.717) is 17.2 Å². The molecule has 0 fully saturated rings. The first kappa shape index (κ1) is 22.5. The Labute approximate surface area is 177 Å². The van der Waals surface area contributed by atoms with Crippen molar-refractivity contribution < 1.29 is 26.4 Å². The molecule has 3 N–H and O–H groups in total. The van der Waals surface area contributed by atoms with E-state index in [4.69, 9.17) is 5.73 Å². The minimum absolute atomic E-state index is 0.114. The molecule has 0 aliphatic carbocycles. The Kier molecular flexibility index (Phi) is 6.47. The van der Waals surface area contributed by atoms with Crippen LogP contribution in [0.5, 0.6) is 0 Å². The lowest BCUT2D eigenvalue weighted by Crippen LogP contribution is -2.33. The third-order valence-electron chi connectivity index (χ3n) is 4.61. The number of carbonyl (C=O) groups is 1. The highest BCUT2D eigenvalue weighted by molar-refractivity contribution is 7.91. The highest BCUT2D eigenvalue weighted by Crippen LogP contribution is 2.32. The number of benzene rings is 3. The Morgan fingerprint density at radius 2 is 1.55 bits per heavy atom. The first-order valence-corrected chi connectivity index (χ1v) is 10.7. The highest BCUT2D eigenvalue weighted by Gasteiger charge is 2.32. The number of hydrogen-bond acceptors (Lipinski definition) is 4. The topological polar surface area (TPSA) is 89.3 Å². The summed E-state index contributed by atoms with van der Waals surface area (Å²) in [6.07, 6.45) is -4.64. The Balaban J connectivity index is 1.70. The molecule has 0 radical (unpaired) electrons. The Morgan fingerprint density at radius 1 is 0.903 bits per heavy atom. The molecule has 0 saturated heterocycles. The van der Waals surface area contributed by atoms with Gasteiger partial charge >= 0.3 is 6.18 Å². The standard InChI is InChI=1S/C22H19F3N2O3S/c23-22(24,25)17-7-4-8-19(13-17)31(29,30)18-11-9-15(10-12-18)14-27-21(28)20(26)16-5-2-1-3-6-16/h1-13,20H,14,26H2,(H,27,28)/t20-/m1/s1. The van der Waals surface area contributed by atoms with Crippen LogP contribution in [-0.4, -0.2) is 14.3 Å². The van der Waals surface area contributed by atoms with Gasteiger partial charge in [0.05, 0.1) is 15.4 Å². The van der Waals surface area contributed by atoms with E-state index in [1.807, 2.05) is 6.07 Å². The summed E-state index contributed by atoms with van der Waals surface area (Å²) in [5.74, 6) is -0.396. The second-order valence-corrected chi connectivity index (χ2v) is 8.73. The molecule has 0 bridgehead atoms. The van der Waals surface area contributed by atoms with Crippen molar-refractivity contribution >= 4 is 15.7 Å². The summed E-state index contributed by atoms with van der Waals surface area (Å²) < 4.78 is 64.0. The van der Waals surface area contributed by atoms with Gasteiger partial charge in [-0.25, -0.2) is 8.42 Å². The second kappa shape index (κ2) is 8.91. The quantitative estimate of drug-likeness (QED) is 0.600. The molecule has 0 unspecified atom stereocenters. The van der Waals surface area contributed by atoms with E-state index in [-0.39, 0.29) is 11.4 Å². The van der Waals surface area contributed by atoms with Crippen molar-refractivity contribution in [1.29, 1.82) is 0 Å². The maximum Gasteiger partial charge on any atom is 0.416 e. The van der Waals surface area contributed by atoms with Gasteiger partial charge < -0.3 is 11.1 Å². The van der Waals surface area contributed by atoms with Crippen molar-refractivity contribution in [2.45, 2.75) is 28.6 Å². The van der Waals surface area contributed by atoms with Crippen LogP contribution in [0.15, 0.2) is 88.7 Å². The maximum atomic E-state index is 12.9. The van der Waals surface area contributed by atoms with Crippen LogP contribution in [0.2, 0.25) is 0 Å². The maximum absolute atomic E-state index is 12.9. The first-order chi connectivity index (χ1) is 14.6. The molecule has 0 spiro atoms. The van der Waals surface area contributed by atoms with Gasteiger partial charge in [0.25, 0.3) is 0 Å². The van der Waals surface area contributed by atoms with Crippen LogP contribution in [0.25, 0.3) is 0 Å². The third kappa shape index (κ3) is 5.31. The number of sulfone groups is 1. The van der Waals surface area contributed by atoms with Gasteiger partial charge in [0.1, 0.15) is 6.04 Å². The molecule has 0 aromatic heterocycles. The summed E-state index contributed by atoms with van der Waals surface area (Å²) in [5, 5.41) is 2.67. The second-order valence-electron chi connectivity index (χ2n) is 6.78. The van der Waals surface area contributed by atoms with Gasteiger partial charge in [-0.05, 0) is 41.5 Å². The van der Waals surface area contributed by atoms with E-state index in [2.05, 4.69) is 5.32 Å². The lowest BCUT2D eigenvalue weighted by Gasteiger charge is -2.13. The van der Waals surface area contributed by atoms with Crippen LogP contribution >= 0.6 is 0 Å².